The van der Waals surface area contributed by atoms with Crippen LogP contribution in [-0.4, -0.2) is 25.6 Å². The lowest BCUT2D eigenvalue weighted by Gasteiger charge is -2.17. The quantitative estimate of drug-likeness (QED) is 0.807. The Labute approximate surface area is 134 Å². The summed E-state index contributed by atoms with van der Waals surface area (Å²) in [5, 5.41) is 5.39. The molecule has 23 heavy (non-hydrogen) atoms. The molecule has 0 heterocycles. The summed E-state index contributed by atoms with van der Waals surface area (Å²) in [6.07, 6.45) is -4.73. The van der Waals surface area contributed by atoms with Crippen LogP contribution in [0, 0.1) is 5.92 Å². The van der Waals surface area contributed by atoms with Crippen LogP contribution in [0.4, 0.5) is 13.2 Å². The lowest BCUT2D eigenvalue weighted by molar-refractivity contribution is -0.138. The summed E-state index contributed by atoms with van der Waals surface area (Å²) in [6.45, 7) is 5.47. The van der Waals surface area contributed by atoms with E-state index < -0.39 is 11.7 Å². The van der Waals surface area contributed by atoms with Gasteiger partial charge < -0.3 is 15.4 Å². The van der Waals surface area contributed by atoms with Gasteiger partial charge in [-0.1, -0.05) is 13.0 Å². The average Bonchev–Trinajstić information content (AvgIpc) is 2.44. The van der Waals surface area contributed by atoms with Crippen molar-refractivity contribution in [1.82, 2.24) is 10.6 Å². The van der Waals surface area contributed by atoms with Gasteiger partial charge in [0, 0.05) is 19.0 Å². The van der Waals surface area contributed by atoms with Gasteiger partial charge in [-0.2, -0.15) is 13.2 Å². The molecule has 0 aromatic heterocycles. The first-order chi connectivity index (χ1) is 10.6. The molecule has 0 saturated heterocycles. The zero-order chi connectivity index (χ0) is 17.6. The molecular formula is C16H23F3N2O2. The molecule has 0 radical (unpaired) electrons. The number of rotatable bonds is 7. The fourth-order valence-corrected chi connectivity index (χ4v) is 2.07. The zero-order valence-corrected chi connectivity index (χ0v) is 13.8. The number of nitrogens with one attached hydrogen (secondary N) is 2. The maximum Gasteiger partial charge on any atom is 0.416 e. The monoisotopic (exact) mass is 332 g/mol. The summed E-state index contributed by atoms with van der Waals surface area (Å²) in [4.78, 5) is 11.8. The maximum absolute atomic E-state index is 13.2. The molecule has 1 aromatic carbocycles. The van der Waals surface area contributed by atoms with E-state index in [4.69, 9.17) is 4.74 Å². The van der Waals surface area contributed by atoms with Crippen molar-refractivity contribution < 1.29 is 22.7 Å². The topological polar surface area (TPSA) is 50.4 Å². The number of hydrogen-bond donors (Lipinski definition) is 2. The maximum atomic E-state index is 13.2. The van der Waals surface area contributed by atoms with E-state index in [-0.39, 0.29) is 35.8 Å². The van der Waals surface area contributed by atoms with Crippen molar-refractivity contribution in [3.63, 3.8) is 0 Å². The standard InChI is InChI=1S/C16H23F3N2O2/c1-10(2)23-13-6-5-12(14(7-13)16(17,18)19)9-21-15(22)11(3)8-20-4/h5-7,10-11,20H,8-9H2,1-4H3,(H,21,22). The molecule has 1 aromatic rings. The van der Waals surface area contributed by atoms with Crippen molar-refractivity contribution in [2.24, 2.45) is 5.92 Å². The van der Waals surface area contributed by atoms with Crippen molar-refractivity contribution in [1.29, 1.82) is 0 Å². The van der Waals surface area contributed by atoms with Gasteiger partial charge in [-0.25, -0.2) is 0 Å². The third-order valence-corrected chi connectivity index (χ3v) is 3.17. The van der Waals surface area contributed by atoms with E-state index in [0.717, 1.165) is 6.07 Å². The predicted molar refractivity (Wildman–Crippen MR) is 82.1 cm³/mol. The molecule has 0 aliphatic carbocycles. The van der Waals surface area contributed by atoms with Gasteiger partial charge in [0.1, 0.15) is 5.75 Å². The number of alkyl halides is 3. The second-order valence-electron chi connectivity index (χ2n) is 5.66. The molecule has 0 fully saturated rings. The fourth-order valence-electron chi connectivity index (χ4n) is 2.07. The van der Waals surface area contributed by atoms with E-state index in [1.54, 1.807) is 27.8 Å². The highest BCUT2D eigenvalue weighted by Crippen LogP contribution is 2.34. The first kappa shape index (κ1) is 19.3. The molecule has 1 atom stereocenters. The van der Waals surface area contributed by atoms with Crippen LogP contribution in [0.25, 0.3) is 0 Å². The Bertz CT molecular complexity index is 531. The van der Waals surface area contributed by atoms with E-state index in [2.05, 4.69) is 10.6 Å². The second-order valence-corrected chi connectivity index (χ2v) is 5.66. The predicted octanol–water partition coefficient (Wildman–Crippen LogP) is 2.96. The molecule has 2 N–H and O–H groups in total. The number of amides is 1. The van der Waals surface area contributed by atoms with E-state index in [9.17, 15) is 18.0 Å². The number of halogens is 3. The highest BCUT2D eigenvalue weighted by molar-refractivity contribution is 5.78. The minimum atomic E-state index is -4.51. The Balaban J connectivity index is 2.91. The molecular weight excluding hydrogens is 309 g/mol. The van der Waals surface area contributed by atoms with Crippen LogP contribution in [0.15, 0.2) is 18.2 Å². The van der Waals surface area contributed by atoms with Crippen molar-refractivity contribution in [2.45, 2.75) is 39.6 Å². The molecule has 1 rings (SSSR count). The van der Waals surface area contributed by atoms with Gasteiger partial charge in [0.2, 0.25) is 5.91 Å². The lowest BCUT2D eigenvalue weighted by Crippen LogP contribution is -2.34. The molecule has 130 valence electrons. The summed E-state index contributed by atoms with van der Waals surface area (Å²) < 4.78 is 44.9. The van der Waals surface area contributed by atoms with Crippen LogP contribution < -0.4 is 15.4 Å². The lowest BCUT2D eigenvalue weighted by atomic mass is 10.1. The normalized spacial score (nSPS) is 13.0. The molecule has 0 bridgehead atoms. The Morgan fingerprint density at radius 2 is 1.91 bits per heavy atom. The number of carbonyl (C=O) groups excluding carboxylic acids is 1. The third kappa shape index (κ3) is 6.09. The number of carbonyl (C=O) groups is 1. The largest absolute Gasteiger partial charge is 0.491 e. The van der Waals surface area contributed by atoms with Gasteiger partial charge in [0.15, 0.2) is 0 Å². The summed E-state index contributed by atoms with van der Waals surface area (Å²) in [7, 11) is 1.71. The van der Waals surface area contributed by atoms with Crippen LogP contribution in [0.5, 0.6) is 5.75 Å². The Morgan fingerprint density at radius 3 is 2.43 bits per heavy atom. The molecule has 1 amide bonds. The molecule has 7 heteroatoms. The van der Waals surface area contributed by atoms with Crippen molar-refractivity contribution in [3.8, 4) is 5.75 Å². The average molecular weight is 332 g/mol. The van der Waals surface area contributed by atoms with E-state index in [1.165, 1.54) is 12.1 Å². The van der Waals surface area contributed by atoms with Crippen LogP contribution in [0.2, 0.25) is 0 Å². The highest BCUT2D eigenvalue weighted by atomic mass is 19.4. The molecule has 0 aliphatic heterocycles. The number of hydrogen-bond acceptors (Lipinski definition) is 3. The van der Waals surface area contributed by atoms with Crippen LogP contribution in [0.1, 0.15) is 31.9 Å². The van der Waals surface area contributed by atoms with Gasteiger partial charge >= 0.3 is 6.18 Å². The van der Waals surface area contributed by atoms with Gasteiger partial charge in [-0.3, -0.25) is 4.79 Å². The number of benzene rings is 1. The molecule has 4 nitrogen and oxygen atoms in total. The second kappa shape index (κ2) is 8.19. The van der Waals surface area contributed by atoms with Crippen molar-refractivity contribution in [2.75, 3.05) is 13.6 Å². The first-order valence-electron chi connectivity index (χ1n) is 7.44. The van der Waals surface area contributed by atoms with Gasteiger partial charge in [-0.15, -0.1) is 0 Å². The minimum absolute atomic E-state index is 0.0126. The molecule has 0 saturated carbocycles. The van der Waals surface area contributed by atoms with E-state index in [0.29, 0.717) is 6.54 Å². The molecule has 0 aliphatic rings. The first-order valence-corrected chi connectivity index (χ1v) is 7.44. The summed E-state index contributed by atoms with van der Waals surface area (Å²) >= 11 is 0. The Hall–Kier alpha value is -1.76. The van der Waals surface area contributed by atoms with Crippen LogP contribution >= 0.6 is 0 Å². The molecule has 1 unspecified atom stereocenters. The zero-order valence-electron chi connectivity index (χ0n) is 13.8. The van der Waals surface area contributed by atoms with Gasteiger partial charge in [0.05, 0.1) is 11.7 Å². The third-order valence-electron chi connectivity index (χ3n) is 3.17. The van der Waals surface area contributed by atoms with E-state index >= 15 is 0 Å². The van der Waals surface area contributed by atoms with Crippen LogP contribution in [-0.2, 0) is 17.5 Å². The van der Waals surface area contributed by atoms with Gasteiger partial charge in [-0.05, 0) is 38.6 Å². The number of ether oxygens (including phenoxy) is 1. The Morgan fingerprint density at radius 1 is 1.26 bits per heavy atom. The van der Waals surface area contributed by atoms with Crippen molar-refractivity contribution >= 4 is 5.91 Å². The fraction of sp³-hybridized carbons (Fsp3) is 0.562. The van der Waals surface area contributed by atoms with Crippen LogP contribution in [0.3, 0.4) is 0 Å². The van der Waals surface area contributed by atoms with Crippen molar-refractivity contribution in [3.05, 3.63) is 29.3 Å². The minimum Gasteiger partial charge on any atom is -0.491 e. The smallest absolute Gasteiger partial charge is 0.416 e. The van der Waals surface area contributed by atoms with E-state index in [1.807, 2.05) is 0 Å². The summed E-state index contributed by atoms with van der Waals surface area (Å²) in [5.41, 5.74) is -0.782. The Kier molecular flexibility index (Phi) is 6.87. The highest BCUT2D eigenvalue weighted by Gasteiger charge is 2.34. The summed E-state index contributed by atoms with van der Waals surface area (Å²) in [6, 6.07) is 3.79. The molecule has 0 spiro atoms. The summed E-state index contributed by atoms with van der Waals surface area (Å²) in [5.74, 6) is -0.459. The SMILES string of the molecule is CNCC(C)C(=O)NCc1ccc(OC(C)C)cc1C(F)(F)F. The van der Waals surface area contributed by atoms with Gasteiger partial charge in [0.25, 0.3) is 0 Å².